The first-order valence-electron chi connectivity index (χ1n) is 5.37. The number of hydrogen-bond acceptors (Lipinski definition) is 1. The molecule has 0 bridgehead atoms. The minimum atomic E-state index is -1.26. The first-order valence-corrected chi connectivity index (χ1v) is 6.16. The summed E-state index contributed by atoms with van der Waals surface area (Å²) in [6, 6.07) is 17.0. The summed E-state index contributed by atoms with van der Waals surface area (Å²) >= 11 is 3.37. The summed E-state index contributed by atoms with van der Waals surface area (Å²) in [5.41, 5.74) is 0.802. The van der Waals surface area contributed by atoms with E-state index < -0.39 is 12.0 Å². The van der Waals surface area contributed by atoms with Gasteiger partial charge < -0.3 is 4.74 Å². The number of ether oxygens (including phenoxy) is 1. The van der Waals surface area contributed by atoms with Crippen LogP contribution >= 0.6 is 15.9 Å². The van der Waals surface area contributed by atoms with Gasteiger partial charge in [-0.05, 0) is 23.3 Å². The van der Waals surface area contributed by atoms with Gasteiger partial charge in [0, 0.05) is 4.47 Å². The van der Waals surface area contributed by atoms with Crippen LogP contribution < -0.4 is 0 Å². The molecule has 0 radical (unpaired) electrons. The van der Waals surface area contributed by atoms with Gasteiger partial charge in [0.15, 0.2) is 5.60 Å². The second-order valence-electron chi connectivity index (χ2n) is 4.04. The molecule has 86 valence electrons. The highest BCUT2D eigenvalue weighted by Gasteiger charge is 2.60. The molecular weight excluding hydrogens is 283 g/mol. The van der Waals surface area contributed by atoms with Gasteiger partial charge in [0.25, 0.3) is 0 Å². The molecule has 0 amide bonds. The number of alkyl halides is 1. The van der Waals surface area contributed by atoms with Crippen molar-refractivity contribution < 1.29 is 9.13 Å². The third-order valence-electron chi connectivity index (χ3n) is 3.03. The van der Waals surface area contributed by atoms with Gasteiger partial charge in [-0.3, -0.25) is 0 Å². The molecule has 3 heteroatoms. The average molecular weight is 293 g/mol. The maximum absolute atomic E-state index is 13.7. The number of halogens is 2. The predicted molar refractivity (Wildman–Crippen MR) is 67.3 cm³/mol. The van der Waals surface area contributed by atoms with Gasteiger partial charge in [-0.15, -0.1) is 0 Å². The normalized spacial score (nSPS) is 26.8. The molecule has 2 aromatic carbocycles. The van der Waals surface area contributed by atoms with E-state index in [4.69, 9.17) is 4.74 Å². The standard InChI is InChI=1S/C14H10BrFO/c15-12-8-6-11(7-9-12)14(13(16)17-14)10-4-2-1-3-5-10/h1-9,13H. The van der Waals surface area contributed by atoms with Gasteiger partial charge in [0.2, 0.25) is 6.36 Å². The molecule has 2 aromatic rings. The van der Waals surface area contributed by atoms with Gasteiger partial charge in [-0.1, -0.05) is 58.4 Å². The zero-order valence-corrected chi connectivity index (χ0v) is 10.5. The fourth-order valence-corrected chi connectivity index (χ4v) is 2.34. The van der Waals surface area contributed by atoms with Crippen LogP contribution in [0.1, 0.15) is 11.1 Å². The number of rotatable bonds is 2. The Morgan fingerprint density at radius 2 is 1.47 bits per heavy atom. The molecule has 0 N–H and O–H groups in total. The van der Waals surface area contributed by atoms with Crippen LogP contribution in [0.4, 0.5) is 4.39 Å². The van der Waals surface area contributed by atoms with E-state index in [2.05, 4.69) is 15.9 Å². The smallest absolute Gasteiger partial charge is 0.238 e. The molecule has 2 unspecified atom stereocenters. The SMILES string of the molecule is FC1OC1(c1ccccc1)c1ccc(Br)cc1. The highest BCUT2D eigenvalue weighted by atomic mass is 79.9. The van der Waals surface area contributed by atoms with Crippen molar-refractivity contribution in [3.8, 4) is 0 Å². The maximum Gasteiger partial charge on any atom is 0.238 e. The molecule has 1 nitrogen and oxygen atoms in total. The molecule has 0 aliphatic carbocycles. The van der Waals surface area contributed by atoms with Gasteiger partial charge in [0.1, 0.15) is 0 Å². The molecule has 0 aromatic heterocycles. The fraction of sp³-hybridized carbons (Fsp3) is 0.143. The van der Waals surface area contributed by atoms with Crippen LogP contribution in [-0.4, -0.2) is 6.36 Å². The maximum atomic E-state index is 13.7. The van der Waals surface area contributed by atoms with Crippen LogP contribution in [0.25, 0.3) is 0 Å². The van der Waals surface area contributed by atoms with E-state index in [1.54, 1.807) is 0 Å². The van der Waals surface area contributed by atoms with E-state index in [0.29, 0.717) is 0 Å². The molecule has 1 aliphatic rings. The summed E-state index contributed by atoms with van der Waals surface area (Å²) in [4.78, 5) is 0. The Balaban J connectivity index is 2.07. The molecule has 2 atom stereocenters. The van der Waals surface area contributed by atoms with Gasteiger partial charge >= 0.3 is 0 Å². The Kier molecular flexibility index (Phi) is 2.53. The van der Waals surface area contributed by atoms with Crippen molar-refractivity contribution in [1.29, 1.82) is 0 Å². The lowest BCUT2D eigenvalue weighted by molar-refractivity contribution is 0.255. The van der Waals surface area contributed by atoms with Crippen LogP contribution in [0.15, 0.2) is 59.1 Å². The number of hydrogen-bond donors (Lipinski definition) is 0. The topological polar surface area (TPSA) is 12.5 Å². The van der Waals surface area contributed by atoms with E-state index in [9.17, 15) is 4.39 Å². The van der Waals surface area contributed by atoms with Crippen LogP contribution in [0, 0.1) is 0 Å². The van der Waals surface area contributed by atoms with Crippen molar-refractivity contribution in [1.82, 2.24) is 0 Å². The number of epoxide rings is 1. The molecule has 1 aliphatic heterocycles. The Labute approximate surface area is 107 Å². The van der Waals surface area contributed by atoms with E-state index in [-0.39, 0.29) is 0 Å². The highest BCUT2D eigenvalue weighted by Crippen LogP contribution is 2.52. The van der Waals surface area contributed by atoms with Gasteiger partial charge in [-0.25, -0.2) is 4.39 Å². The zero-order chi connectivity index (χ0) is 11.9. The Bertz CT molecular complexity index is 526. The summed E-state index contributed by atoms with van der Waals surface area (Å²) in [6.45, 7) is 0. The lowest BCUT2D eigenvalue weighted by Gasteiger charge is -2.12. The van der Waals surface area contributed by atoms with E-state index in [1.165, 1.54) is 0 Å². The van der Waals surface area contributed by atoms with Crippen molar-refractivity contribution in [2.45, 2.75) is 12.0 Å². The minimum Gasteiger partial charge on any atom is -0.323 e. The van der Waals surface area contributed by atoms with E-state index in [0.717, 1.165) is 15.6 Å². The van der Waals surface area contributed by atoms with Crippen LogP contribution in [-0.2, 0) is 10.3 Å². The second kappa shape index (κ2) is 3.93. The first kappa shape index (κ1) is 10.9. The monoisotopic (exact) mass is 292 g/mol. The van der Waals surface area contributed by atoms with Crippen molar-refractivity contribution in [3.63, 3.8) is 0 Å². The Hall–Kier alpha value is -1.19. The van der Waals surface area contributed by atoms with Gasteiger partial charge in [0.05, 0.1) is 0 Å². The predicted octanol–water partition coefficient (Wildman–Crippen LogP) is 4.02. The largest absolute Gasteiger partial charge is 0.323 e. The summed E-state index contributed by atoms with van der Waals surface area (Å²) in [6.07, 6.45) is -1.26. The van der Waals surface area contributed by atoms with Crippen LogP contribution in [0.5, 0.6) is 0 Å². The summed E-state index contributed by atoms with van der Waals surface area (Å²) in [7, 11) is 0. The molecule has 3 rings (SSSR count). The quantitative estimate of drug-likeness (QED) is 0.762. The van der Waals surface area contributed by atoms with Gasteiger partial charge in [-0.2, -0.15) is 0 Å². The summed E-state index contributed by atoms with van der Waals surface area (Å²) < 4.78 is 19.9. The third kappa shape index (κ3) is 1.70. The second-order valence-corrected chi connectivity index (χ2v) is 4.96. The Morgan fingerprint density at radius 3 is 2.00 bits per heavy atom. The molecular formula is C14H10BrFO. The number of benzene rings is 2. The third-order valence-corrected chi connectivity index (χ3v) is 3.56. The summed E-state index contributed by atoms with van der Waals surface area (Å²) in [5, 5.41) is 0. The van der Waals surface area contributed by atoms with E-state index in [1.807, 2.05) is 54.6 Å². The molecule has 1 heterocycles. The lowest BCUT2D eigenvalue weighted by Crippen LogP contribution is -2.12. The van der Waals surface area contributed by atoms with Crippen LogP contribution in [0.3, 0.4) is 0 Å². The van der Waals surface area contributed by atoms with Crippen molar-refractivity contribution in [2.24, 2.45) is 0 Å². The summed E-state index contributed by atoms with van der Waals surface area (Å²) in [5.74, 6) is 0. The fourth-order valence-electron chi connectivity index (χ4n) is 2.08. The molecule has 1 saturated heterocycles. The molecule has 0 saturated carbocycles. The molecule has 0 spiro atoms. The highest BCUT2D eigenvalue weighted by molar-refractivity contribution is 9.10. The van der Waals surface area contributed by atoms with Crippen LogP contribution in [0.2, 0.25) is 0 Å². The molecule has 1 fully saturated rings. The Morgan fingerprint density at radius 1 is 0.941 bits per heavy atom. The van der Waals surface area contributed by atoms with Crippen molar-refractivity contribution in [2.75, 3.05) is 0 Å². The zero-order valence-electron chi connectivity index (χ0n) is 8.94. The minimum absolute atomic E-state index is 0.847. The van der Waals surface area contributed by atoms with Crippen molar-refractivity contribution >= 4 is 15.9 Å². The lowest BCUT2D eigenvalue weighted by atomic mass is 9.91. The first-order chi connectivity index (χ1) is 8.23. The van der Waals surface area contributed by atoms with Crippen molar-refractivity contribution in [3.05, 3.63) is 70.2 Å². The average Bonchev–Trinajstić information content (AvgIpc) is 3.04. The van der Waals surface area contributed by atoms with E-state index >= 15 is 0 Å². The molecule has 17 heavy (non-hydrogen) atoms.